The highest BCUT2D eigenvalue weighted by Crippen LogP contribution is 2.27. The van der Waals surface area contributed by atoms with Gasteiger partial charge in [0.15, 0.2) is 4.96 Å². The summed E-state index contributed by atoms with van der Waals surface area (Å²) in [5.74, 6) is 5.70. The van der Waals surface area contributed by atoms with Gasteiger partial charge in [-0.05, 0) is 13.8 Å². The molecule has 3 rings (SSSR count). The van der Waals surface area contributed by atoms with Crippen molar-refractivity contribution in [2.75, 3.05) is 0 Å². The molecule has 0 aromatic carbocycles. The maximum atomic E-state index is 5.70. The van der Waals surface area contributed by atoms with E-state index in [1.807, 2.05) is 29.8 Å². The van der Waals surface area contributed by atoms with Crippen LogP contribution in [-0.4, -0.2) is 14.4 Å². The van der Waals surface area contributed by atoms with Crippen molar-refractivity contribution in [3.8, 4) is 0 Å². The molecule has 19 heavy (non-hydrogen) atoms. The first-order valence-electron chi connectivity index (χ1n) is 5.98. The Labute approximate surface area is 119 Å². The van der Waals surface area contributed by atoms with E-state index in [0.29, 0.717) is 0 Å². The lowest BCUT2D eigenvalue weighted by molar-refractivity contribution is 0.552. The Kier molecular flexibility index (Phi) is 3.36. The number of nitrogens with one attached hydrogen (secondary N) is 1. The second-order valence-corrected chi connectivity index (χ2v) is 6.54. The van der Waals surface area contributed by atoms with Gasteiger partial charge in [-0.2, -0.15) is 0 Å². The molecule has 3 aromatic heterocycles. The Hall–Kier alpha value is -1.28. The van der Waals surface area contributed by atoms with Crippen molar-refractivity contribution in [1.29, 1.82) is 0 Å². The number of rotatable bonds is 4. The topological polar surface area (TPSA) is 68.2 Å². The number of fused-ring (bicyclic) bond motifs is 1. The lowest BCUT2D eigenvalue weighted by atomic mass is 10.1. The monoisotopic (exact) mass is 293 g/mol. The summed E-state index contributed by atoms with van der Waals surface area (Å²) in [7, 11) is 0. The van der Waals surface area contributed by atoms with Gasteiger partial charge < -0.3 is 0 Å². The summed E-state index contributed by atoms with van der Waals surface area (Å²) in [6, 6.07) is 0.0656. The van der Waals surface area contributed by atoms with Gasteiger partial charge in [0, 0.05) is 29.1 Å². The molecule has 0 aliphatic heterocycles. The number of imidazole rings is 1. The first-order chi connectivity index (χ1) is 9.17. The van der Waals surface area contributed by atoms with Gasteiger partial charge >= 0.3 is 0 Å². The zero-order chi connectivity index (χ0) is 13.4. The number of hydrazine groups is 1. The van der Waals surface area contributed by atoms with E-state index in [1.165, 1.54) is 4.88 Å². The van der Waals surface area contributed by atoms with E-state index >= 15 is 0 Å². The molecular formula is C12H15N5S2. The summed E-state index contributed by atoms with van der Waals surface area (Å²) in [6.07, 6.45) is 4.84. The first kappa shape index (κ1) is 12.7. The van der Waals surface area contributed by atoms with E-state index in [9.17, 15) is 0 Å². The van der Waals surface area contributed by atoms with Gasteiger partial charge in [0.1, 0.15) is 0 Å². The fourth-order valence-corrected chi connectivity index (χ4v) is 3.89. The number of aromatic nitrogens is 3. The maximum Gasteiger partial charge on any atom is 0.193 e. The zero-order valence-corrected chi connectivity index (χ0v) is 12.4. The van der Waals surface area contributed by atoms with Gasteiger partial charge in [-0.3, -0.25) is 15.7 Å². The number of thiazole rings is 2. The lowest BCUT2D eigenvalue weighted by Gasteiger charge is -2.13. The third-order valence-electron chi connectivity index (χ3n) is 3.01. The largest absolute Gasteiger partial charge is 0.297 e. The molecule has 5 nitrogen and oxygen atoms in total. The molecule has 0 fully saturated rings. The van der Waals surface area contributed by atoms with Crippen LogP contribution in [0.4, 0.5) is 0 Å². The van der Waals surface area contributed by atoms with Gasteiger partial charge in [-0.25, -0.2) is 9.97 Å². The van der Waals surface area contributed by atoms with Crippen molar-refractivity contribution < 1.29 is 0 Å². The molecule has 1 unspecified atom stereocenters. The summed E-state index contributed by atoms with van der Waals surface area (Å²) in [5.41, 5.74) is 4.97. The lowest BCUT2D eigenvalue weighted by Crippen LogP contribution is -2.29. The van der Waals surface area contributed by atoms with Gasteiger partial charge in [0.25, 0.3) is 0 Å². The van der Waals surface area contributed by atoms with E-state index in [1.54, 1.807) is 22.7 Å². The molecule has 0 spiro atoms. The summed E-state index contributed by atoms with van der Waals surface area (Å²) in [6.45, 7) is 4.04. The highest BCUT2D eigenvalue weighted by atomic mass is 32.1. The van der Waals surface area contributed by atoms with Gasteiger partial charge in [-0.15, -0.1) is 22.7 Å². The van der Waals surface area contributed by atoms with Crippen molar-refractivity contribution in [2.24, 2.45) is 5.84 Å². The number of hydrogen-bond donors (Lipinski definition) is 2. The van der Waals surface area contributed by atoms with Crippen LogP contribution in [0.1, 0.15) is 27.3 Å². The second-order valence-electron chi connectivity index (χ2n) is 4.43. The SMILES string of the molecule is Cc1nc(C)c(C(Cc2cn3ccsc3n2)NN)s1. The fraction of sp³-hybridized carbons (Fsp3) is 0.333. The standard InChI is InChI=1S/C12H15N5S2/c1-7-11(19-8(2)14-7)10(16-13)5-9-6-17-3-4-18-12(17)15-9/h3-4,6,10,16H,5,13H2,1-2H3. The first-order valence-corrected chi connectivity index (χ1v) is 7.68. The minimum absolute atomic E-state index is 0.0656. The highest BCUT2D eigenvalue weighted by Gasteiger charge is 2.18. The molecule has 1 atom stereocenters. The Bertz CT molecular complexity index is 667. The van der Waals surface area contributed by atoms with Crippen LogP contribution >= 0.6 is 22.7 Å². The number of aryl methyl sites for hydroxylation is 2. The van der Waals surface area contributed by atoms with Crippen LogP contribution in [0.25, 0.3) is 4.96 Å². The molecule has 0 saturated carbocycles. The maximum absolute atomic E-state index is 5.70. The van der Waals surface area contributed by atoms with Gasteiger partial charge in [0.2, 0.25) is 0 Å². The van der Waals surface area contributed by atoms with E-state index in [4.69, 9.17) is 5.84 Å². The van der Waals surface area contributed by atoms with E-state index in [-0.39, 0.29) is 6.04 Å². The summed E-state index contributed by atoms with van der Waals surface area (Å²) < 4.78 is 2.04. The fourth-order valence-electron chi connectivity index (χ4n) is 2.18. The van der Waals surface area contributed by atoms with E-state index in [2.05, 4.69) is 21.6 Å². The van der Waals surface area contributed by atoms with E-state index < -0.39 is 0 Å². The summed E-state index contributed by atoms with van der Waals surface area (Å²) in [5, 5.41) is 3.10. The molecule has 0 aliphatic rings. The number of hydrogen-bond acceptors (Lipinski definition) is 6. The average molecular weight is 293 g/mol. The molecule has 7 heteroatoms. The third kappa shape index (κ3) is 2.42. The Morgan fingerprint density at radius 3 is 2.89 bits per heavy atom. The van der Waals surface area contributed by atoms with Crippen LogP contribution < -0.4 is 11.3 Å². The van der Waals surface area contributed by atoms with Crippen LogP contribution in [0, 0.1) is 13.8 Å². The van der Waals surface area contributed by atoms with Crippen molar-refractivity contribution in [2.45, 2.75) is 26.3 Å². The van der Waals surface area contributed by atoms with Crippen LogP contribution in [0.2, 0.25) is 0 Å². The summed E-state index contributed by atoms with van der Waals surface area (Å²) in [4.78, 5) is 11.3. The molecule has 3 N–H and O–H groups in total. The van der Waals surface area contributed by atoms with Crippen molar-refractivity contribution in [3.05, 3.63) is 39.0 Å². The Balaban J connectivity index is 1.87. The molecule has 0 bridgehead atoms. The number of nitrogens with two attached hydrogens (primary N) is 1. The van der Waals surface area contributed by atoms with E-state index in [0.717, 1.165) is 27.8 Å². The van der Waals surface area contributed by atoms with Gasteiger partial charge in [0.05, 0.1) is 22.4 Å². The summed E-state index contributed by atoms with van der Waals surface area (Å²) >= 11 is 3.33. The third-order valence-corrected chi connectivity index (χ3v) is 4.97. The van der Waals surface area contributed by atoms with Crippen LogP contribution in [0.15, 0.2) is 17.8 Å². The number of nitrogens with zero attached hydrogens (tertiary/aromatic N) is 3. The molecule has 0 radical (unpaired) electrons. The average Bonchev–Trinajstić information content (AvgIpc) is 3.00. The van der Waals surface area contributed by atoms with Crippen LogP contribution in [0.3, 0.4) is 0 Å². The molecule has 0 amide bonds. The minimum Gasteiger partial charge on any atom is -0.297 e. The normalized spacial score (nSPS) is 13.2. The predicted molar refractivity (Wildman–Crippen MR) is 78.4 cm³/mol. The van der Waals surface area contributed by atoms with Crippen LogP contribution in [0.5, 0.6) is 0 Å². The molecule has 3 heterocycles. The molecule has 0 saturated heterocycles. The molecular weight excluding hydrogens is 278 g/mol. The predicted octanol–water partition coefficient (Wildman–Crippen LogP) is 2.22. The minimum atomic E-state index is 0.0656. The smallest absolute Gasteiger partial charge is 0.193 e. The Morgan fingerprint density at radius 2 is 2.26 bits per heavy atom. The van der Waals surface area contributed by atoms with Crippen LogP contribution in [-0.2, 0) is 6.42 Å². The van der Waals surface area contributed by atoms with Crippen molar-refractivity contribution in [1.82, 2.24) is 19.8 Å². The zero-order valence-electron chi connectivity index (χ0n) is 10.8. The second kappa shape index (κ2) is 5.01. The highest BCUT2D eigenvalue weighted by molar-refractivity contribution is 7.15. The Morgan fingerprint density at radius 1 is 1.42 bits per heavy atom. The molecule has 3 aromatic rings. The quantitative estimate of drug-likeness (QED) is 0.572. The van der Waals surface area contributed by atoms with Crippen molar-refractivity contribution >= 4 is 27.6 Å². The molecule has 100 valence electrons. The van der Waals surface area contributed by atoms with Gasteiger partial charge in [-0.1, -0.05) is 0 Å². The van der Waals surface area contributed by atoms with Crippen molar-refractivity contribution in [3.63, 3.8) is 0 Å². The molecule has 0 aliphatic carbocycles.